The highest BCUT2D eigenvalue weighted by atomic mass is 32.2. The third-order valence-corrected chi connectivity index (χ3v) is 2.67. The molecule has 1 aromatic carbocycles. The lowest BCUT2D eigenvalue weighted by Crippen LogP contribution is -1.95. The lowest BCUT2D eigenvalue weighted by atomic mass is 10.3. The standard InChI is InChI=1S/C8H12N2S/c1-11(2,10)8-5-3-4-7(9)6-8/h3-6,10H,1,9H2,2H3. The molecule has 0 amide bonds. The van der Waals surface area contributed by atoms with Gasteiger partial charge in [-0.25, -0.2) is 0 Å². The summed E-state index contributed by atoms with van der Waals surface area (Å²) < 4.78 is 7.69. The second-order valence-corrected chi connectivity index (χ2v) is 5.31. The van der Waals surface area contributed by atoms with Crippen molar-refractivity contribution in [2.75, 3.05) is 12.0 Å². The number of nitrogen functional groups attached to an aromatic ring is 1. The van der Waals surface area contributed by atoms with E-state index in [4.69, 9.17) is 10.5 Å². The molecule has 0 aliphatic heterocycles. The first kappa shape index (κ1) is 8.14. The van der Waals surface area contributed by atoms with Crippen LogP contribution >= 0.6 is 0 Å². The van der Waals surface area contributed by atoms with E-state index in [2.05, 4.69) is 5.87 Å². The highest BCUT2D eigenvalue weighted by Gasteiger charge is 1.95. The van der Waals surface area contributed by atoms with Gasteiger partial charge in [-0.15, -0.1) is 9.41 Å². The van der Waals surface area contributed by atoms with E-state index in [1.165, 1.54) is 0 Å². The molecule has 0 aliphatic rings. The molecule has 1 rings (SSSR count). The molecule has 1 unspecified atom stereocenters. The summed E-state index contributed by atoms with van der Waals surface area (Å²) in [5, 5.41) is 0. The predicted octanol–water partition coefficient (Wildman–Crippen LogP) is 1.61. The topological polar surface area (TPSA) is 49.9 Å². The van der Waals surface area contributed by atoms with Gasteiger partial charge in [0.1, 0.15) is 0 Å². The summed E-state index contributed by atoms with van der Waals surface area (Å²) in [6.45, 7) is 0. The van der Waals surface area contributed by atoms with Crippen LogP contribution in [0, 0.1) is 4.78 Å². The minimum Gasteiger partial charge on any atom is -0.399 e. The maximum atomic E-state index is 7.69. The number of nitrogens with one attached hydrogen (secondary N) is 1. The highest BCUT2D eigenvalue weighted by Crippen LogP contribution is 2.12. The predicted molar refractivity (Wildman–Crippen MR) is 52.3 cm³/mol. The second-order valence-electron chi connectivity index (χ2n) is 2.66. The number of hydrogen-bond acceptors (Lipinski definition) is 2. The van der Waals surface area contributed by atoms with Crippen LogP contribution in [0.25, 0.3) is 0 Å². The van der Waals surface area contributed by atoms with E-state index in [0.717, 1.165) is 4.90 Å². The Morgan fingerprint density at radius 2 is 2.18 bits per heavy atom. The van der Waals surface area contributed by atoms with Gasteiger partial charge in [0.25, 0.3) is 0 Å². The van der Waals surface area contributed by atoms with E-state index >= 15 is 0 Å². The fourth-order valence-corrected chi connectivity index (χ4v) is 1.57. The molecule has 11 heavy (non-hydrogen) atoms. The Kier molecular flexibility index (Phi) is 1.91. The van der Waals surface area contributed by atoms with E-state index in [9.17, 15) is 0 Å². The number of hydrogen-bond donors (Lipinski definition) is 2. The fraction of sp³-hybridized carbons (Fsp3) is 0.125. The van der Waals surface area contributed by atoms with Crippen LogP contribution < -0.4 is 5.73 Å². The van der Waals surface area contributed by atoms with Gasteiger partial charge in [-0.2, -0.15) is 0 Å². The van der Waals surface area contributed by atoms with Crippen molar-refractivity contribution < 1.29 is 0 Å². The smallest absolute Gasteiger partial charge is 0.0325 e. The fourth-order valence-electron chi connectivity index (χ4n) is 0.795. The average Bonchev–Trinajstić information content (AvgIpc) is 1.86. The quantitative estimate of drug-likeness (QED) is 0.485. The van der Waals surface area contributed by atoms with Crippen molar-refractivity contribution in [1.82, 2.24) is 0 Å². The number of benzene rings is 1. The Hall–Kier alpha value is -0.960. The van der Waals surface area contributed by atoms with E-state index < -0.39 is 9.41 Å². The van der Waals surface area contributed by atoms with Gasteiger partial charge in [-0.05, 0) is 24.5 Å². The normalized spacial score (nSPS) is 15.7. The molecule has 0 spiro atoms. The van der Waals surface area contributed by atoms with Crippen LogP contribution in [0.2, 0.25) is 0 Å². The first-order valence-corrected chi connectivity index (χ1v) is 5.43. The van der Waals surface area contributed by atoms with Crippen molar-refractivity contribution in [3.05, 3.63) is 24.3 Å². The van der Waals surface area contributed by atoms with E-state index in [1.807, 2.05) is 30.5 Å². The van der Waals surface area contributed by atoms with Crippen molar-refractivity contribution in [3.63, 3.8) is 0 Å². The minimum absolute atomic E-state index is 0.706. The van der Waals surface area contributed by atoms with Gasteiger partial charge >= 0.3 is 0 Å². The third kappa shape index (κ3) is 1.98. The average molecular weight is 168 g/mol. The molecule has 3 N–H and O–H groups in total. The lowest BCUT2D eigenvalue weighted by molar-refractivity contribution is 1.43. The molecule has 0 aliphatic carbocycles. The lowest BCUT2D eigenvalue weighted by Gasteiger charge is -2.05. The van der Waals surface area contributed by atoms with Gasteiger partial charge < -0.3 is 5.73 Å². The summed E-state index contributed by atoms with van der Waals surface area (Å²) in [5.41, 5.74) is 6.26. The van der Waals surface area contributed by atoms with Crippen molar-refractivity contribution in [3.8, 4) is 0 Å². The summed E-state index contributed by atoms with van der Waals surface area (Å²) in [4.78, 5) is 0.928. The van der Waals surface area contributed by atoms with Crippen molar-refractivity contribution in [2.45, 2.75) is 4.90 Å². The molecule has 3 heteroatoms. The number of nitrogens with two attached hydrogens (primary N) is 1. The largest absolute Gasteiger partial charge is 0.399 e. The Bertz CT molecular complexity index is 352. The molecule has 1 atom stereocenters. The second kappa shape index (κ2) is 2.58. The van der Waals surface area contributed by atoms with Crippen LogP contribution in [0.5, 0.6) is 0 Å². The van der Waals surface area contributed by atoms with E-state index in [1.54, 1.807) is 0 Å². The van der Waals surface area contributed by atoms with Gasteiger partial charge in [0.05, 0.1) is 0 Å². The SMILES string of the molecule is C=S(C)(=N)c1cccc(N)c1. The van der Waals surface area contributed by atoms with Crippen molar-refractivity contribution >= 4 is 21.0 Å². The summed E-state index contributed by atoms with van der Waals surface area (Å²) in [7, 11) is -1.61. The third-order valence-electron chi connectivity index (χ3n) is 1.38. The first-order valence-electron chi connectivity index (χ1n) is 3.22. The molecular weight excluding hydrogens is 156 g/mol. The van der Waals surface area contributed by atoms with E-state index in [0.29, 0.717) is 5.69 Å². The van der Waals surface area contributed by atoms with Crippen LogP contribution in [0.1, 0.15) is 0 Å². The van der Waals surface area contributed by atoms with Crippen LogP contribution in [0.3, 0.4) is 0 Å². The monoisotopic (exact) mass is 168 g/mol. The zero-order valence-corrected chi connectivity index (χ0v) is 7.32. The minimum atomic E-state index is -1.61. The van der Waals surface area contributed by atoms with Crippen LogP contribution in [-0.2, 0) is 9.41 Å². The van der Waals surface area contributed by atoms with Gasteiger partial charge in [-0.3, -0.25) is 4.78 Å². The zero-order valence-electron chi connectivity index (χ0n) is 6.50. The van der Waals surface area contributed by atoms with Gasteiger partial charge in [0, 0.05) is 10.6 Å². The summed E-state index contributed by atoms with van der Waals surface area (Å²) in [6.07, 6.45) is 1.82. The van der Waals surface area contributed by atoms with Crippen LogP contribution in [0.4, 0.5) is 5.69 Å². The molecule has 0 bridgehead atoms. The summed E-state index contributed by atoms with van der Waals surface area (Å²) in [5.74, 6) is 3.78. The molecule has 1 aromatic rings. The highest BCUT2D eigenvalue weighted by molar-refractivity contribution is 8.00. The van der Waals surface area contributed by atoms with Gasteiger partial charge in [0.2, 0.25) is 0 Å². The summed E-state index contributed by atoms with van der Waals surface area (Å²) in [6, 6.07) is 7.38. The van der Waals surface area contributed by atoms with Gasteiger partial charge in [-0.1, -0.05) is 11.9 Å². The number of anilines is 1. The Morgan fingerprint density at radius 3 is 2.55 bits per heavy atom. The molecule has 0 saturated heterocycles. The maximum Gasteiger partial charge on any atom is 0.0325 e. The van der Waals surface area contributed by atoms with E-state index in [-0.39, 0.29) is 0 Å². The zero-order chi connectivity index (χ0) is 8.48. The molecule has 0 aromatic heterocycles. The molecule has 0 radical (unpaired) electrons. The van der Waals surface area contributed by atoms with Crippen LogP contribution in [0.15, 0.2) is 29.2 Å². The molecule has 0 fully saturated rings. The number of rotatable bonds is 1. The van der Waals surface area contributed by atoms with Gasteiger partial charge in [0.15, 0.2) is 0 Å². The molecule has 60 valence electrons. The first-order chi connectivity index (χ1) is 5.00. The molecule has 0 saturated carbocycles. The van der Waals surface area contributed by atoms with Crippen molar-refractivity contribution in [2.24, 2.45) is 0 Å². The Balaban J connectivity index is 3.28. The molecule has 2 nitrogen and oxygen atoms in total. The molecular formula is C8H12N2S. The summed E-state index contributed by atoms with van der Waals surface area (Å²) >= 11 is 0. The molecule has 0 heterocycles. The van der Waals surface area contributed by atoms with Crippen LogP contribution in [-0.4, -0.2) is 12.1 Å². The maximum absolute atomic E-state index is 7.69. The Morgan fingerprint density at radius 1 is 1.55 bits per heavy atom. The Labute approximate surface area is 67.5 Å². The van der Waals surface area contributed by atoms with Crippen molar-refractivity contribution in [1.29, 1.82) is 4.78 Å².